The molecular weight excluding hydrogens is 232 g/mol. The SMILES string of the molecule is CC(C)CNC(=O)CN1C2CCC1C(C(=O)O)C2. The maximum atomic E-state index is 11.8. The Kier molecular flexibility index (Phi) is 3.90. The number of hydrogen-bond donors (Lipinski definition) is 2. The molecular formula is C13H22N2O3. The average Bonchev–Trinajstić information content (AvgIpc) is 2.84. The molecule has 2 heterocycles. The second-order valence-corrected chi connectivity index (χ2v) is 5.85. The molecule has 5 heteroatoms. The van der Waals surface area contributed by atoms with Crippen LogP contribution in [0.5, 0.6) is 0 Å². The first-order valence-corrected chi connectivity index (χ1v) is 6.74. The smallest absolute Gasteiger partial charge is 0.308 e. The van der Waals surface area contributed by atoms with Crippen LogP contribution in [0.15, 0.2) is 0 Å². The van der Waals surface area contributed by atoms with E-state index in [9.17, 15) is 9.59 Å². The Balaban J connectivity index is 1.87. The first-order valence-electron chi connectivity index (χ1n) is 6.74. The van der Waals surface area contributed by atoms with Crippen LogP contribution >= 0.6 is 0 Å². The van der Waals surface area contributed by atoms with Crippen molar-refractivity contribution in [1.29, 1.82) is 0 Å². The van der Waals surface area contributed by atoms with Gasteiger partial charge in [0, 0.05) is 18.6 Å². The Hall–Kier alpha value is -1.10. The number of carbonyl (C=O) groups excluding carboxylic acids is 1. The fourth-order valence-corrected chi connectivity index (χ4v) is 3.15. The molecule has 18 heavy (non-hydrogen) atoms. The van der Waals surface area contributed by atoms with Crippen LogP contribution in [0.4, 0.5) is 0 Å². The minimum Gasteiger partial charge on any atom is -0.481 e. The summed E-state index contributed by atoms with van der Waals surface area (Å²) in [6, 6.07) is 0.359. The van der Waals surface area contributed by atoms with Gasteiger partial charge in [0.25, 0.3) is 0 Å². The second-order valence-electron chi connectivity index (χ2n) is 5.85. The third kappa shape index (κ3) is 2.66. The molecule has 102 valence electrons. The first-order chi connectivity index (χ1) is 8.49. The summed E-state index contributed by atoms with van der Waals surface area (Å²) in [6.07, 6.45) is 2.66. The van der Waals surface area contributed by atoms with Crippen molar-refractivity contribution >= 4 is 11.9 Å². The van der Waals surface area contributed by atoms with Gasteiger partial charge in [-0.25, -0.2) is 0 Å². The van der Waals surface area contributed by atoms with E-state index in [0.29, 0.717) is 31.5 Å². The van der Waals surface area contributed by atoms with Gasteiger partial charge in [-0.05, 0) is 25.2 Å². The highest BCUT2D eigenvalue weighted by molar-refractivity contribution is 5.78. The summed E-state index contributed by atoms with van der Waals surface area (Å²) in [5.41, 5.74) is 0. The zero-order chi connectivity index (χ0) is 13.3. The van der Waals surface area contributed by atoms with Gasteiger partial charge in [0.15, 0.2) is 0 Å². The van der Waals surface area contributed by atoms with E-state index >= 15 is 0 Å². The van der Waals surface area contributed by atoms with E-state index in [1.54, 1.807) is 0 Å². The molecule has 0 spiro atoms. The van der Waals surface area contributed by atoms with Gasteiger partial charge in [-0.3, -0.25) is 14.5 Å². The monoisotopic (exact) mass is 254 g/mol. The predicted octanol–water partition coefficient (Wildman–Crippen LogP) is 0.696. The van der Waals surface area contributed by atoms with E-state index < -0.39 is 5.97 Å². The van der Waals surface area contributed by atoms with Gasteiger partial charge in [0.2, 0.25) is 5.91 Å². The highest BCUT2D eigenvalue weighted by Gasteiger charge is 2.49. The summed E-state index contributed by atoms with van der Waals surface area (Å²) in [4.78, 5) is 25.0. The molecule has 3 unspecified atom stereocenters. The molecule has 0 aromatic heterocycles. The number of carboxylic acids is 1. The normalized spacial score (nSPS) is 30.9. The highest BCUT2D eigenvalue weighted by Crippen LogP contribution is 2.41. The molecule has 2 fully saturated rings. The summed E-state index contributed by atoms with van der Waals surface area (Å²) in [5, 5.41) is 12.0. The lowest BCUT2D eigenvalue weighted by Gasteiger charge is -2.22. The van der Waals surface area contributed by atoms with Crippen LogP contribution in [-0.2, 0) is 9.59 Å². The average molecular weight is 254 g/mol. The molecule has 3 atom stereocenters. The van der Waals surface area contributed by atoms with E-state index in [0.717, 1.165) is 12.8 Å². The predicted molar refractivity (Wildman–Crippen MR) is 67.1 cm³/mol. The van der Waals surface area contributed by atoms with E-state index in [-0.39, 0.29) is 17.9 Å². The van der Waals surface area contributed by atoms with Crippen LogP contribution < -0.4 is 5.32 Å². The van der Waals surface area contributed by atoms with Crippen molar-refractivity contribution in [1.82, 2.24) is 10.2 Å². The molecule has 5 nitrogen and oxygen atoms in total. The summed E-state index contributed by atoms with van der Waals surface area (Å²) < 4.78 is 0. The second kappa shape index (κ2) is 5.26. The Bertz CT molecular complexity index is 343. The minimum atomic E-state index is -0.713. The van der Waals surface area contributed by atoms with E-state index in [1.807, 2.05) is 0 Å². The lowest BCUT2D eigenvalue weighted by Crippen LogP contribution is -2.42. The summed E-state index contributed by atoms with van der Waals surface area (Å²) in [5.74, 6) is -0.529. The topological polar surface area (TPSA) is 69.6 Å². The Morgan fingerprint density at radius 3 is 2.67 bits per heavy atom. The van der Waals surface area contributed by atoms with Crippen molar-refractivity contribution in [2.24, 2.45) is 11.8 Å². The number of aliphatic carboxylic acids is 1. The van der Waals surface area contributed by atoms with Crippen LogP contribution in [0.3, 0.4) is 0 Å². The Morgan fingerprint density at radius 1 is 1.39 bits per heavy atom. The maximum Gasteiger partial charge on any atom is 0.308 e. The number of nitrogens with zero attached hydrogens (tertiary/aromatic N) is 1. The van der Waals surface area contributed by atoms with Crippen LogP contribution in [0.25, 0.3) is 0 Å². The molecule has 2 N–H and O–H groups in total. The standard InChI is InChI=1S/C13H22N2O3/c1-8(2)6-14-12(16)7-15-9-3-4-11(15)10(5-9)13(17)18/h8-11H,3-7H2,1-2H3,(H,14,16)(H,17,18). The molecule has 0 saturated carbocycles. The van der Waals surface area contributed by atoms with Crippen LogP contribution in [0.2, 0.25) is 0 Å². The molecule has 0 aromatic rings. The van der Waals surface area contributed by atoms with Crippen molar-refractivity contribution < 1.29 is 14.7 Å². The zero-order valence-corrected chi connectivity index (χ0v) is 11.1. The van der Waals surface area contributed by atoms with Crippen molar-refractivity contribution in [3.05, 3.63) is 0 Å². The van der Waals surface area contributed by atoms with Crippen LogP contribution in [-0.4, -0.2) is 47.1 Å². The van der Waals surface area contributed by atoms with E-state index in [4.69, 9.17) is 5.11 Å². The third-order valence-electron chi connectivity index (χ3n) is 4.03. The lowest BCUT2D eigenvalue weighted by molar-refractivity contribution is -0.143. The number of amides is 1. The first kappa shape index (κ1) is 13.3. The Morgan fingerprint density at radius 2 is 2.11 bits per heavy atom. The molecule has 2 bridgehead atoms. The molecule has 2 aliphatic rings. The van der Waals surface area contributed by atoms with Crippen molar-refractivity contribution in [3.63, 3.8) is 0 Å². The number of nitrogens with one attached hydrogen (secondary N) is 1. The Labute approximate surface area is 108 Å². The van der Waals surface area contributed by atoms with Gasteiger partial charge in [-0.1, -0.05) is 13.8 Å². The van der Waals surface area contributed by atoms with Gasteiger partial charge < -0.3 is 10.4 Å². The van der Waals surface area contributed by atoms with Crippen LogP contribution in [0.1, 0.15) is 33.1 Å². The maximum absolute atomic E-state index is 11.8. The fourth-order valence-electron chi connectivity index (χ4n) is 3.15. The minimum absolute atomic E-state index is 0.0200. The molecule has 2 rings (SSSR count). The molecule has 0 radical (unpaired) electrons. The van der Waals surface area contributed by atoms with E-state index in [2.05, 4.69) is 24.1 Å². The van der Waals surface area contributed by atoms with Gasteiger partial charge in [-0.15, -0.1) is 0 Å². The summed E-state index contributed by atoms with van der Waals surface area (Å²) in [7, 11) is 0. The largest absolute Gasteiger partial charge is 0.481 e. The third-order valence-corrected chi connectivity index (χ3v) is 4.03. The van der Waals surface area contributed by atoms with Crippen molar-refractivity contribution in [2.75, 3.05) is 13.1 Å². The number of hydrogen-bond acceptors (Lipinski definition) is 3. The summed E-state index contributed by atoms with van der Waals surface area (Å²) in [6.45, 7) is 5.15. The number of carbonyl (C=O) groups is 2. The molecule has 0 aromatic carbocycles. The molecule has 2 aliphatic heterocycles. The molecule has 2 saturated heterocycles. The number of carboxylic acid groups (broad SMARTS) is 1. The van der Waals surface area contributed by atoms with Crippen LogP contribution in [0, 0.1) is 11.8 Å². The van der Waals surface area contributed by atoms with Gasteiger partial charge in [-0.2, -0.15) is 0 Å². The quantitative estimate of drug-likeness (QED) is 0.757. The van der Waals surface area contributed by atoms with Gasteiger partial charge in [0.05, 0.1) is 12.5 Å². The lowest BCUT2D eigenvalue weighted by atomic mass is 9.89. The number of rotatable bonds is 5. The van der Waals surface area contributed by atoms with E-state index in [1.165, 1.54) is 0 Å². The zero-order valence-electron chi connectivity index (χ0n) is 11.1. The van der Waals surface area contributed by atoms with Crippen molar-refractivity contribution in [2.45, 2.75) is 45.2 Å². The highest BCUT2D eigenvalue weighted by atomic mass is 16.4. The van der Waals surface area contributed by atoms with Gasteiger partial charge >= 0.3 is 5.97 Å². The van der Waals surface area contributed by atoms with Crippen molar-refractivity contribution in [3.8, 4) is 0 Å². The summed E-state index contributed by atoms with van der Waals surface area (Å²) >= 11 is 0. The fraction of sp³-hybridized carbons (Fsp3) is 0.846. The van der Waals surface area contributed by atoms with Gasteiger partial charge in [0.1, 0.15) is 0 Å². The molecule has 1 amide bonds. The number of fused-ring (bicyclic) bond motifs is 2. The molecule has 0 aliphatic carbocycles.